The molecule has 18 heavy (non-hydrogen) atoms. The summed E-state index contributed by atoms with van der Waals surface area (Å²) in [6, 6.07) is 15.3. The van der Waals surface area contributed by atoms with Crippen molar-refractivity contribution in [3.63, 3.8) is 0 Å². The average molecular weight is 306 g/mol. The van der Waals surface area contributed by atoms with Crippen LogP contribution < -0.4 is 4.35 Å². The molecule has 4 heteroatoms. The van der Waals surface area contributed by atoms with Gasteiger partial charge in [-0.25, -0.2) is 0 Å². The van der Waals surface area contributed by atoms with Crippen LogP contribution in [0.5, 0.6) is 0 Å². The summed E-state index contributed by atoms with van der Waals surface area (Å²) in [6.07, 6.45) is 0. The number of carboxylic acids is 1. The number of benzene rings is 2. The van der Waals surface area contributed by atoms with Crippen molar-refractivity contribution in [3.05, 3.63) is 66.0 Å². The number of hydrogen-bond donors (Lipinski definition) is 1. The van der Waals surface area contributed by atoms with Gasteiger partial charge in [-0.1, -0.05) is 0 Å². The van der Waals surface area contributed by atoms with E-state index in [2.05, 4.69) is 0 Å². The summed E-state index contributed by atoms with van der Waals surface area (Å²) < 4.78 is 13.3. The van der Waals surface area contributed by atoms with Gasteiger partial charge in [0, 0.05) is 0 Å². The molecule has 0 bridgehead atoms. The summed E-state index contributed by atoms with van der Waals surface area (Å²) in [4.78, 5) is 11.3. The number of hydrogen-bond acceptors (Lipinski definition) is 1. The zero-order chi connectivity index (χ0) is 13.0. The standard InChI is InChI=1S/C14H12AsFO2/c16-12-8-6-11(7-9-12)15-13(14(17)18)10-4-2-1-3-5-10/h1-9,13,15H,(H,17,18). The van der Waals surface area contributed by atoms with Crippen molar-refractivity contribution in [2.45, 2.75) is 4.71 Å². The van der Waals surface area contributed by atoms with E-state index < -0.39 is 26.4 Å². The summed E-state index contributed by atoms with van der Waals surface area (Å²) in [7, 11) is 0. The van der Waals surface area contributed by atoms with E-state index in [-0.39, 0.29) is 5.82 Å². The normalized spacial score (nSPS) is 12.7. The fourth-order valence-corrected chi connectivity index (χ4v) is 4.11. The second-order valence-corrected chi connectivity index (χ2v) is 6.86. The molecule has 0 radical (unpaired) electrons. The predicted octanol–water partition coefficient (Wildman–Crippen LogP) is 1.71. The molecule has 0 aliphatic carbocycles. The van der Waals surface area contributed by atoms with Gasteiger partial charge in [-0.2, -0.15) is 0 Å². The topological polar surface area (TPSA) is 37.3 Å². The number of carboxylic acid groups (broad SMARTS) is 1. The zero-order valence-corrected chi connectivity index (χ0v) is 11.6. The number of rotatable bonds is 4. The van der Waals surface area contributed by atoms with E-state index in [9.17, 15) is 14.3 Å². The first kappa shape index (κ1) is 12.8. The Hall–Kier alpha value is -1.60. The Morgan fingerprint density at radius 2 is 1.67 bits per heavy atom. The van der Waals surface area contributed by atoms with Gasteiger partial charge in [0.1, 0.15) is 0 Å². The summed E-state index contributed by atoms with van der Waals surface area (Å²) in [5, 5.41) is 9.30. The minimum atomic E-state index is -0.887. The van der Waals surface area contributed by atoms with Crippen LogP contribution in [0.25, 0.3) is 0 Å². The Balaban J connectivity index is 2.22. The second-order valence-electron chi connectivity index (χ2n) is 3.83. The van der Waals surface area contributed by atoms with Gasteiger partial charge in [-0.15, -0.1) is 0 Å². The molecule has 0 aliphatic heterocycles. The Kier molecular flexibility index (Phi) is 4.16. The summed E-state index contributed by atoms with van der Waals surface area (Å²) in [5.74, 6) is -1.11. The van der Waals surface area contributed by atoms with Crippen LogP contribution in [-0.4, -0.2) is 26.8 Å². The van der Waals surface area contributed by atoms with Crippen molar-refractivity contribution in [1.82, 2.24) is 0 Å². The van der Waals surface area contributed by atoms with Crippen LogP contribution in [0.2, 0.25) is 0 Å². The van der Waals surface area contributed by atoms with Crippen LogP contribution in [0, 0.1) is 5.82 Å². The number of aliphatic carboxylic acids is 1. The Labute approximate surface area is 111 Å². The third kappa shape index (κ3) is 3.21. The van der Waals surface area contributed by atoms with Gasteiger partial charge in [0.15, 0.2) is 0 Å². The van der Waals surface area contributed by atoms with Gasteiger partial charge in [0.25, 0.3) is 0 Å². The number of carbonyl (C=O) groups is 1. The van der Waals surface area contributed by atoms with Gasteiger partial charge in [0.2, 0.25) is 0 Å². The van der Waals surface area contributed by atoms with E-state index in [4.69, 9.17) is 0 Å². The van der Waals surface area contributed by atoms with Crippen LogP contribution in [-0.2, 0) is 4.79 Å². The van der Waals surface area contributed by atoms with Crippen molar-refractivity contribution in [3.8, 4) is 0 Å². The fourth-order valence-electron chi connectivity index (χ4n) is 1.65. The first-order valence-corrected chi connectivity index (χ1v) is 7.73. The fraction of sp³-hybridized carbons (Fsp3) is 0.0714. The van der Waals surface area contributed by atoms with Crippen LogP contribution in [0.3, 0.4) is 0 Å². The van der Waals surface area contributed by atoms with Crippen molar-refractivity contribution >= 4 is 26.1 Å². The third-order valence-corrected chi connectivity index (χ3v) is 5.76. The molecule has 0 amide bonds. The molecule has 2 atom stereocenters. The SMILES string of the molecule is O=C(O)C([AsH]c1ccc(F)cc1)c1ccccc1. The molecule has 0 aromatic heterocycles. The van der Waals surface area contributed by atoms with Crippen LogP contribution in [0.1, 0.15) is 10.3 Å². The van der Waals surface area contributed by atoms with E-state index in [0.717, 1.165) is 9.91 Å². The first-order chi connectivity index (χ1) is 8.66. The van der Waals surface area contributed by atoms with Crippen LogP contribution in [0.4, 0.5) is 4.39 Å². The maximum absolute atomic E-state index is 12.8. The van der Waals surface area contributed by atoms with Crippen LogP contribution >= 0.6 is 0 Å². The third-order valence-electron chi connectivity index (χ3n) is 2.54. The summed E-state index contributed by atoms with van der Waals surface area (Å²) >= 11 is -0.887. The molecule has 92 valence electrons. The Morgan fingerprint density at radius 3 is 2.22 bits per heavy atom. The van der Waals surface area contributed by atoms with Crippen molar-refractivity contribution < 1.29 is 14.3 Å². The summed E-state index contributed by atoms with van der Waals surface area (Å²) in [6.45, 7) is 0. The van der Waals surface area contributed by atoms with Crippen LogP contribution in [0.15, 0.2) is 54.6 Å². The molecule has 0 spiro atoms. The number of halogens is 1. The molecule has 0 aliphatic rings. The monoisotopic (exact) mass is 306 g/mol. The van der Waals surface area contributed by atoms with E-state index in [1.165, 1.54) is 12.1 Å². The van der Waals surface area contributed by atoms with E-state index in [1.807, 2.05) is 30.3 Å². The van der Waals surface area contributed by atoms with E-state index >= 15 is 0 Å². The molecular formula is C14H12AsFO2. The maximum atomic E-state index is 12.8. The van der Waals surface area contributed by atoms with Crippen molar-refractivity contribution in [2.75, 3.05) is 0 Å². The molecular weight excluding hydrogens is 294 g/mol. The molecule has 2 aromatic carbocycles. The van der Waals surface area contributed by atoms with Crippen molar-refractivity contribution in [1.29, 1.82) is 0 Å². The Bertz CT molecular complexity index is 525. The van der Waals surface area contributed by atoms with Gasteiger partial charge >= 0.3 is 111 Å². The first-order valence-electron chi connectivity index (χ1n) is 5.46. The van der Waals surface area contributed by atoms with Gasteiger partial charge in [-0.3, -0.25) is 0 Å². The second kappa shape index (κ2) is 5.83. The molecule has 0 saturated carbocycles. The minimum absolute atomic E-state index is 0.295. The molecule has 2 unspecified atom stereocenters. The van der Waals surface area contributed by atoms with Gasteiger partial charge in [0.05, 0.1) is 0 Å². The predicted molar refractivity (Wildman–Crippen MR) is 70.0 cm³/mol. The zero-order valence-electron chi connectivity index (χ0n) is 9.51. The van der Waals surface area contributed by atoms with Gasteiger partial charge in [-0.05, 0) is 0 Å². The average Bonchev–Trinajstić information content (AvgIpc) is 2.38. The quantitative estimate of drug-likeness (QED) is 0.873. The molecule has 1 N–H and O–H groups in total. The molecule has 2 aromatic rings. The van der Waals surface area contributed by atoms with Gasteiger partial charge < -0.3 is 0 Å². The molecule has 0 heterocycles. The molecule has 2 rings (SSSR count). The molecule has 0 fully saturated rings. The van der Waals surface area contributed by atoms with Crippen molar-refractivity contribution in [2.24, 2.45) is 0 Å². The molecule has 0 saturated heterocycles. The van der Waals surface area contributed by atoms with E-state index in [1.54, 1.807) is 12.1 Å². The van der Waals surface area contributed by atoms with E-state index in [0.29, 0.717) is 0 Å². The molecule has 2 nitrogen and oxygen atoms in total. The summed E-state index contributed by atoms with van der Waals surface area (Å²) in [5.41, 5.74) is 0.814. The Morgan fingerprint density at radius 1 is 1.06 bits per heavy atom.